The molecule has 0 fully saturated rings. The van der Waals surface area contributed by atoms with Gasteiger partial charge in [0.15, 0.2) is 0 Å². The molecule has 3 aromatic carbocycles. The standard InChI is InChI=1S/C17H15NO/c19-12-13-8-10-15(11-9-13)18-17-7-3-5-14-4-1-2-6-16(14)17/h1-11,18-19H,12H2. The maximum Gasteiger partial charge on any atom is 0.0681 e. The predicted octanol–water partition coefficient (Wildman–Crippen LogP) is 4.08. The summed E-state index contributed by atoms with van der Waals surface area (Å²) in [6.07, 6.45) is 0. The molecule has 2 nitrogen and oxygen atoms in total. The van der Waals surface area contributed by atoms with E-state index in [1.165, 1.54) is 10.8 Å². The van der Waals surface area contributed by atoms with Crippen molar-refractivity contribution in [3.8, 4) is 0 Å². The zero-order chi connectivity index (χ0) is 13.1. The summed E-state index contributed by atoms with van der Waals surface area (Å²) in [4.78, 5) is 0. The van der Waals surface area contributed by atoms with E-state index in [0.29, 0.717) is 0 Å². The molecule has 0 aliphatic carbocycles. The van der Waals surface area contributed by atoms with E-state index in [0.717, 1.165) is 16.9 Å². The second kappa shape index (κ2) is 5.12. The van der Waals surface area contributed by atoms with Gasteiger partial charge >= 0.3 is 0 Å². The molecule has 0 aliphatic rings. The first-order valence-electron chi connectivity index (χ1n) is 6.31. The third kappa shape index (κ3) is 2.44. The fourth-order valence-electron chi connectivity index (χ4n) is 2.18. The van der Waals surface area contributed by atoms with Crippen molar-refractivity contribution in [1.82, 2.24) is 0 Å². The van der Waals surface area contributed by atoms with Gasteiger partial charge in [0.2, 0.25) is 0 Å². The average molecular weight is 249 g/mol. The van der Waals surface area contributed by atoms with Gasteiger partial charge < -0.3 is 10.4 Å². The van der Waals surface area contributed by atoms with Crippen molar-refractivity contribution in [2.75, 3.05) is 5.32 Å². The molecule has 3 rings (SSSR count). The van der Waals surface area contributed by atoms with Crippen molar-refractivity contribution in [1.29, 1.82) is 0 Å². The van der Waals surface area contributed by atoms with Gasteiger partial charge in [-0.15, -0.1) is 0 Å². The number of aliphatic hydroxyl groups excluding tert-OH is 1. The molecule has 2 heteroatoms. The Bertz CT molecular complexity index is 684. The van der Waals surface area contributed by atoms with Crippen molar-refractivity contribution in [2.24, 2.45) is 0 Å². The van der Waals surface area contributed by atoms with E-state index >= 15 is 0 Å². The second-order valence-electron chi connectivity index (χ2n) is 4.51. The lowest BCUT2D eigenvalue weighted by Crippen LogP contribution is -1.92. The van der Waals surface area contributed by atoms with Crippen molar-refractivity contribution < 1.29 is 5.11 Å². The van der Waals surface area contributed by atoms with Crippen LogP contribution in [-0.4, -0.2) is 5.11 Å². The number of hydrogen-bond acceptors (Lipinski definition) is 2. The predicted molar refractivity (Wildman–Crippen MR) is 79.6 cm³/mol. The van der Waals surface area contributed by atoms with Crippen LogP contribution in [0.3, 0.4) is 0 Å². The Balaban J connectivity index is 1.96. The maximum absolute atomic E-state index is 9.04. The summed E-state index contributed by atoms with van der Waals surface area (Å²) in [5, 5.41) is 14.9. The number of benzene rings is 3. The second-order valence-corrected chi connectivity index (χ2v) is 4.51. The van der Waals surface area contributed by atoms with E-state index in [4.69, 9.17) is 5.11 Å². The average Bonchev–Trinajstić information content (AvgIpc) is 2.48. The number of aliphatic hydroxyl groups is 1. The van der Waals surface area contributed by atoms with Crippen molar-refractivity contribution in [2.45, 2.75) is 6.61 Å². The minimum absolute atomic E-state index is 0.0779. The monoisotopic (exact) mass is 249 g/mol. The molecule has 2 N–H and O–H groups in total. The molecule has 0 amide bonds. The van der Waals surface area contributed by atoms with Crippen molar-refractivity contribution in [3.63, 3.8) is 0 Å². The molecule has 0 aromatic heterocycles. The largest absolute Gasteiger partial charge is 0.392 e. The minimum Gasteiger partial charge on any atom is -0.392 e. The van der Waals surface area contributed by atoms with Crippen LogP contribution in [-0.2, 0) is 6.61 Å². The number of rotatable bonds is 3. The highest BCUT2D eigenvalue weighted by atomic mass is 16.3. The molecule has 0 atom stereocenters. The third-order valence-corrected chi connectivity index (χ3v) is 3.21. The molecule has 19 heavy (non-hydrogen) atoms. The van der Waals surface area contributed by atoms with Crippen LogP contribution in [0.5, 0.6) is 0 Å². The van der Waals surface area contributed by atoms with Gasteiger partial charge in [0, 0.05) is 16.8 Å². The van der Waals surface area contributed by atoms with Crippen molar-refractivity contribution >= 4 is 22.1 Å². The van der Waals surface area contributed by atoms with Crippen LogP contribution < -0.4 is 5.32 Å². The van der Waals surface area contributed by atoms with Crippen LogP contribution in [0, 0.1) is 0 Å². The highest BCUT2D eigenvalue weighted by molar-refractivity contribution is 5.95. The quantitative estimate of drug-likeness (QED) is 0.733. The topological polar surface area (TPSA) is 32.3 Å². The Morgan fingerprint density at radius 2 is 1.53 bits per heavy atom. The Morgan fingerprint density at radius 1 is 0.789 bits per heavy atom. The molecule has 94 valence electrons. The van der Waals surface area contributed by atoms with Crippen LogP contribution in [0.25, 0.3) is 10.8 Å². The number of anilines is 2. The van der Waals surface area contributed by atoms with Gasteiger partial charge in [-0.1, -0.05) is 48.5 Å². The summed E-state index contributed by atoms with van der Waals surface area (Å²) >= 11 is 0. The molecule has 3 aromatic rings. The lowest BCUT2D eigenvalue weighted by Gasteiger charge is -2.10. The van der Waals surface area contributed by atoms with Crippen LogP contribution in [0.2, 0.25) is 0 Å². The Kier molecular flexibility index (Phi) is 3.17. The first-order chi connectivity index (χ1) is 9.36. The van der Waals surface area contributed by atoms with Gasteiger partial charge in [-0.05, 0) is 29.1 Å². The fourth-order valence-corrected chi connectivity index (χ4v) is 2.18. The van der Waals surface area contributed by atoms with Crippen LogP contribution in [0.15, 0.2) is 66.7 Å². The number of nitrogens with one attached hydrogen (secondary N) is 1. The third-order valence-electron chi connectivity index (χ3n) is 3.21. The molecule has 0 unspecified atom stereocenters. The smallest absolute Gasteiger partial charge is 0.0681 e. The molecule has 0 bridgehead atoms. The molecule has 0 radical (unpaired) electrons. The molecule has 0 aliphatic heterocycles. The highest BCUT2D eigenvalue weighted by Crippen LogP contribution is 2.26. The molecular formula is C17H15NO. The summed E-state index contributed by atoms with van der Waals surface area (Å²) in [7, 11) is 0. The zero-order valence-electron chi connectivity index (χ0n) is 10.5. The molecule has 0 saturated heterocycles. The van der Waals surface area contributed by atoms with Gasteiger partial charge in [0.1, 0.15) is 0 Å². The first kappa shape index (κ1) is 11.8. The van der Waals surface area contributed by atoms with Crippen LogP contribution in [0.1, 0.15) is 5.56 Å². The van der Waals surface area contributed by atoms with E-state index in [1.54, 1.807) is 0 Å². The Labute approximate surface area is 112 Å². The van der Waals surface area contributed by atoms with Gasteiger partial charge in [-0.3, -0.25) is 0 Å². The van der Waals surface area contributed by atoms with Gasteiger partial charge in [0.25, 0.3) is 0 Å². The number of fused-ring (bicyclic) bond motifs is 1. The number of hydrogen-bond donors (Lipinski definition) is 2. The maximum atomic E-state index is 9.04. The molecule has 0 heterocycles. The fraction of sp³-hybridized carbons (Fsp3) is 0.0588. The van der Waals surface area contributed by atoms with Gasteiger partial charge in [-0.2, -0.15) is 0 Å². The summed E-state index contributed by atoms with van der Waals surface area (Å²) < 4.78 is 0. The first-order valence-corrected chi connectivity index (χ1v) is 6.31. The normalized spacial score (nSPS) is 10.6. The van der Waals surface area contributed by atoms with E-state index in [-0.39, 0.29) is 6.61 Å². The minimum atomic E-state index is 0.0779. The van der Waals surface area contributed by atoms with Gasteiger partial charge in [-0.25, -0.2) is 0 Å². The van der Waals surface area contributed by atoms with E-state index in [9.17, 15) is 0 Å². The van der Waals surface area contributed by atoms with Crippen LogP contribution >= 0.6 is 0 Å². The lowest BCUT2D eigenvalue weighted by molar-refractivity contribution is 0.282. The molecule has 0 saturated carbocycles. The lowest BCUT2D eigenvalue weighted by atomic mass is 10.1. The summed E-state index contributed by atoms with van der Waals surface area (Å²) in [5.41, 5.74) is 3.03. The Hall–Kier alpha value is -2.32. The van der Waals surface area contributed by atoms with Crippen molar-refractivity contribution in [3.05, 3.63) is 72.3 Å². The van der Waals surface area contributed by atoms with E-state index < -0.39 is 0 Å². The zero-order valence-corrected chi connectivity index (χ0v) is 10.5. The van der Waals surface area contributed by atoms with E-state index in [2.05, 4.69) is 29.6 Å². The SMILES string of the molecule is OCc1ccc(Nc2cccc3ccccc23)cc1. The Morgan fingerprint density at radius 3 is 2.32 bits per heavy atom. The van der Waals surface area contributed by atoms with Crippen LogP contribution in [0.4, 0.5) is 11.4 Å². The molecule has 0 spiro atoms. The summed E-state index contributed by atoms with van der Waals surface area (Å²) in [6.45, 7) is 0.0779. The molecular weight excluding hydrogens is 234 g/mol. The highest BCUT2D eigenvalue weighted by Gasteiger charge is 2.00. The summed E-state index contributed by atoms with van der Waals surface area (Å²) in [5.74, 6) is 0. The van der Waals surface area contributed by atoms with E-state index in [1.807, 2.05) is 42.5 Å². The van der Waals surface area contributed by atoms with Gasteiger partial charge in [0.05, 0.1) is 6.61 Å². The summed E-state index contributed by atoms with van der Waals surface area (Å²) in [6, 6.07) is 22.3.